The van der Waals surface area contributed by atoms with Crippen molar-refractivity contribution in [2.45, 2.75) is 25.7 Å². The lowest BCUT2D eigenvalue weighted by atomic mass is 10.1. The first-order valence-electron chi connectivity index (χ1n) is 5.89. The molecule has 0 bridgehead atoms. The van der Waals surface area contributed by atoms with Crippen LogP contribution in [0.1, 0.15) is 36.0 Å². The molecule has 0 radical (unpaired) electrons. The molecular weight excluding hydrogens is 238 g/mol. The van der Waals surface area contributed by atoms with E-state index >= 15 is 0 Å². The maximum absolute atomic E-state index is 11.8. The number of esters is 1. The van der Waals surface area contributed by atoms with Crippen molar-refractivity contribution < 1.29 is 9.53 Å². The number of ether oxygens (including phenoxy) is 1. The number of hydrogen-bond acceptors (Lipinski definition) is 3. The third-order valence-corrected chi connectivity index (χ3v) is 3.53. The molecule has 0 aromatic heterocycles. The summed E-state index contributed by atoms with van der Waals surface area (Å²) in [6.07, 6.45) is 4.78. The van der Waals surface area contributed by atoms with Crippen LogP contribution in [0.15, 0.2) is 18.2 Å². The highest BCUT2D eigenvalue weighted by Gasteiger charge is 2.19. The van der Waals surface area contributed by atoms with E-state index < -0.39 is 0 Å². The van der Waals surface area contributed by atoms with Gasteiger partial charge in [0.05, 0.1) is 22.9 Å². The summed E-state index contributed by atoms with van der Waals surface area (Å²) in [4.78, 5) is 11.8. The molecule has 1 aliphatic rings. The van der Waals surface area contributed by atoms with Crippen LogP contribution in [0, 0.1) is 5.92 Å². The molecule has 0 heterocycles. The van der Waals surface area contributed by atoms with E-state index in [0.717, 1.165) is 12.8 Å². The number of anilines is 1. The van der Waals surface area contributed by atoms with Gasteiger partial charge in [-0.2, -0.15) is 0 Å². The second-order valence-electron chi connectivity index (χ2n) is 4.45. The van der Waals surface area contributed by atoms with Crippen LogP contribution in [0.4, 0.5) is 5.69 Å². The van der Waals surface area contributed by atoms with Crippen molar-refractivity contribution in [3.05, 3.63) is 28.8 Å². The Hall–Kier alpha value is -1.22. The summed E-state index contributed by atoms with van der Waals surface area (Å²) in [6, 6.07) is 4.99. The summed E-state index contributed by atoms with van der Waals surface area (Å²) < 4.78 is 5.27. The molecule has 1 aromatic rings. The van der Waals surface area contributed by atoms with Gasteiger partial charge in [0, 0.05) is 0 Å². The Morgan fingerprint density at radius 2 is 2.12 bits per heavy atom. The summed E-state index contributed by atoms with van der Waals surface area (Å²) in [5.74, 6) is 0.135. The van der Waals surface area contributed by atoms with E-state index in [0.29, 0.717) is 28.8 Å². The van der Waals surface area contributed by atoms with E-state index in [-0.39, 0.29) is 5.97 Å². The first kappa shape index (κ1) is 12.2. The van der Waals surface area contributed by atoms with Gasteiger partial charge in [-0.25, -0.2) is 4.79 Å². The zero-order valence-electron chi connectivity index (χ0n) is 9.62. The van der Waals surface area contributed by atoms with Crippen LogP contribution in [-0.4, -0.2) is 12.6 Å². The van der Waals surface area contributed by atoms with Gasteiger partial charge in [0.1, 0.15) is 0 Å². The van der Waals surface area contributed by atoms with Gasteiger partial charge in [0.25, 0.3) is 0 Å². The Morgan fingerprint density at radius 1 is 1.41 bits per heavy atom. The monoisotopic (exact) mass is 253 g/mol. The molecule has 4 heteroatoms. The fourth-order valence-corrected chi connectivity index (χ4v) is 2.34. The number of carbonyl (C=O) groups excluding carboxylic acids is 1. The molecule has 1 aromatic carbocycles. The predicted molar refractivity (Wildman–Crippen MR) is 68.1 cm³/mol. The smallest absolute Gasteiger partial charge is 0.340 e. The average molecular weight is 254 g/mol. The first-order valence-corrected chi connectivity index (χ1v) is 6.27. The molecule has 1 aliphatic carbocycles. The van der Waals surface area contributed by atoms with Gasteiger partial charge in [-0.15, -0.1) is 0 Å². The quantitative estimate of drug-likeness (QED) is 0.664. The highest BCUT2D eigenvalue weighted by Crippen LogP contribution is 2.26. The van der Waals surface area contributed by atoms with Crippen molar-refractivity contribution in [1.82, 2.24) is 0 Å². The van der Waals surface area contributed by atoms with Crippen LogP contribution in [0.3, 0.4) is 0 Å². The number of halogens is 1. The lowest BCUT2D eigenvalue weighted by molar-refractivity contribution is 0.0444. The highest BCUT2D eigenvalue weighted by atomic mass is 35.5. The largest absolute Gasteiger partial charge is 0.462 e. The lowest BCUT2D eigenvalue weighted by Gasteiger charge is -2.11. The number of carbonyl (C=O) groups is 1. The van der Waals surface area contributed by atoms with Crippen LogP contribution in [0.2, 0.25) is 5.02 Å². The van der Waals surface area contributed by atoms with E-state index in [9.17, 15) is 4.79 Å². The molecule has 3 nitrogen and oxygen atoms in total. The van der Waals surface area contributed by atoms with Gasteiger partial charge in [0.2, 0.25) is 0 Å². The average Bonchev–Trinajstić information content (AvgIpc) is 2.82. The Balaban J connectivity index is 1.97. The van der Waals surface area contributed by atoms with E-state index in [1.165, 1.54) is 12.8 Å². The Morgan fingerprint density at radius 3 is 2.82 bits per heavy atom. The van der Waals surface area contributed by atoms with Crippen LogP contribution in [0.25, 0.3) is 0 Å². The minimum Gasteiger partial charge on any atom is -0.462 e. The van der Waals surface area contributed by atoms with Crippen LogP contribution >= 0.6 is 11.6 Å². The molecule has 0 aliphatic heterocycles. The third-order valence-electron chi connectivity index (χ3n) is 3.20. The van der Waals surface area contributed by atoms with Crippen molar-refractivity contribution in [2.75, 3.05) is 12.3 Å². The fraction of sp³-hybridized carbons (Fsp3) is 0.462. The van der Waals surface area contributed by atoms with Crippen LogP contribution < -0.4 is 5.73 Å². The summed E-state index contributed by atoms with van der Waals surface area (Å²) in [5, 5.41) is 0.389. The zero-order valence-corrected chi connectivity index (χ0v) is 10.4. The molecule has 0 spiro atoms. The molecule has 0 amide bonds. The van der Waals surface area contributed by atoms with Crippen molar-refractivity contribution in [3.63, 3.8) is 0 Å². The predicted octanol–water partition coefficient (Wildman–Crippen LogP) is 3.27. The van der Waals surface area contributed by atoms with Gasteiger partial charge in [-0.3, -0.25) is 0 Å². The fourth-order valence-electron chi connectivity index (χ4n) is 2.16. The number of benzene rings is 1. The van der Waals surface area contributed by atoms with Crippen molar-refractivity contribution >= 4 is 23.3 Å². The summed E-state index contributed by atoms with van der Waals surface area (Å²) in [5.41, 5.74) is 6.39. The number of rotatable bonds is 3. The molecular formula is C13H16ClNO2. The second kappa shape index (κ2) is 5.41. The number of para-hydroxylation sites is 1. The maximum atomic E-state index is 11.8. The van der Waals surface area contributed by atoms with Crippen molar-refractivity contribution in [1.29, 1.82) is 0 Å². The normalized spacial score (nSPS) is 16.1. The minimum absolute atomic E-state index is 0.297. The van der Waals surface area contributed by atoms with Crippen LogP contribution in [-0.2, 0) is 4.74 Å². The molecule has 1 fully saturated rings. The van der Waals surface area contributed by atoms with Crippen molar-refractivity contribution in [3.8, 4) is 0 Å². The van der Waals surface area contributed by atoms with E-state index in [1.807, 2.05) is 0 Å². The summed E-state index contributed by atoms with van der Waals surface area (Å²) >= 11 is 5.85. The van der Waals surface area contributed by atoms with E-state index in [1.54, 1.807) is 18.2 Å². The van der Waals surface area contributed by atoms with Crippen LogP contribution in [0.5, 0.6) is 0 Å². The SMILES string of the molecule is Nc1c(Cl)cccc1C(=O)OCC1CCCC1. The molecule has 0 unspecified atom stereocenters. The van der Waals surface area contributed by atoms with E-state index in [2.05, 4.69) is 0 Å². The zero-order chi connectivity index (χ0) is 12.3. The molecule has 1 saturated carbocycles. The Labute approximate surface area is 106 Å². The Kier molecular flexibility index (Phi) is 3.89. The standard InChI is InChI=1S/C13H16ClNO2/c14-11-7-3-6-10(12(11)15)13(16)17-8-9-4-1-2-5-9/h3,6-7,9H,1-2,4-5,8,15H2. The van der Waals surface area contributed by atoms with Gasteiger partial charge < -0.3 is 10.5 Å². The molecule has 2 N–H and O–H groups in total. The molecule has 92 valence electrons. The molecule has 0 saturated heterocycles. The number of nitrogens with two attached hydrogens (primary N) is 1. The second-order valence-corrected chi connectivity index (χ2v) is 4.86. The Bertz CT molecular complexity index is 414. The molecule has 17 heavy (non-hydrogen) atoms. The lowest BCUT2D eigenvalue weighted by Crippen LogP contribution is -2.13. The van der Waals surface area contributed by atoms with Gasteiger partial charge in [-0.1, -0.05) is 30.5 Å². The number of hydrogen-bond donors (Lipinski definition) is 1. The summed E-state index contributed by atoms with van der Waals surface area (Å²) in [6.45, 7) is 0.491. The molecule has 0 atom stereocenters. The summed E-state index contributed by atoms with van der Waals surface area (Å²) in [7, 11) is 0. The van der Waals surface area contributed by atoms with Crippen molar-refractivity contribution in [2.24, 2.45) is 5.92 Å². The van der Waals surface area contributed by atoms with Gasteiger partial charge in [0.15, 0.2) is 0 Å². The topological polar surface area (TPSA) is 52.3 Å². The third kappa shape index (κ3) is 2.91. The van der Waals surface area contributed by atoms with E-state index in [4.69, 9.17) is 22.1 Å². The first-order chi connectivity index (χ1) is 8.18. The van der Waals surface area contributed by atoms with Gasteiger partial charge in [-0.05, 0) is 30.9 Å². The maximum Gasteiger partial charge on any atom is 0.340 e. The number of nitrogen functional groups attached to an aromatic ring is 1. The van der Waals surface area contributed by atoms with Gasteiger partial charge >= 0.3 is 5.97 Å². The molecule has 2 rings (SSSR count). The minimum atomic E-state index is -0.378. The highest BCUT2D eigenvalue weighted by molar-refractivity contribution is 6.33.